The van der Waals surface area contributed by atoms with E-state index in [1.165, 1.54) is 16.2 Å². The van der Waals surface area contributed by atoms with Crippen LogP contribution in [-0.2, 0) is 4.79 Å². The second kappa shape index (κ2) is 7.38. The van der Waals surface area contributed by atoms with Gasteiger partial charge in [-0.15, -0.1) is 0 Å². The van der Waals surface area contributed by atoms with Gasteiger partial charge in [0.25, 0.3) is 0 Å². The molecule has 0 saturated heterocycles. The summed E-state index contributed by atoms with van der Waals surface area (Å²) in [5.74, 6) is 0.110. The van der Waals surface area contributed by atoms with Gasteiger partial charge in [0.15, 0.2) is 5.13 Å². The van der Waals surface area contributed by atoms with Crippen LogP contribution in [0, 0.1) is 12.3 Å². The number of carbonyl (C=O) groups is 1. The highest BCUT2D eigenvalue weighted by Crippen LogP contribution is 2.34. The summed E-state index contributed by atoms with van der Waals surface area (Å²) in [4.78, 5) is 20.9. The van der Waals surface area contributed by atoms with Crippen molar-refractivity contribution in [2.75, 3.05) is 32.1 Å². The molecule has 4 nitrogen and oxygen atoms in total. The van der Waals surface area contributed by atoms with Crippen LogP contribution in [0.4, 0.5) is 5.13 Å². The van der Waals surface area contributed by atoms with Gasteiger partial charge >= 0.3 is 0 Å². The van der Waals surface area contributed by atoms with E-state index < -0.39 is 5.41 Å². The van der Waals surface area contributed by atoms with Gasteiger partial charge in [0.2, 0.25) is 5.91 Å². The van der Waals surface area contributed by atoms with Crippen LogP contribution in [0.2, 0.25) is 5.02 Å². The zero-order valence-electron chi connectivity index (χ0n) is 15.4. The molecule has 0 spiro atoms. The molecule has 24 heavy (non-hydrogen) atoms. The molecule has 0 saturated carbocycles. The summed E-state index contributed by atoms with van der Waals surface area (Å²) in [6, 6.07) is 3.84. The Bertz CT molecular complexity index is 734. The third kappa shape index (κ3) is 4.47. The number of amides is 1. The van der Waals surface area contributed by atoms with Gasteiger partial charge in [-0.25, -0.2) is 4.98 Å². The van der Waals surface area contributed by atoms with Gasteiger partial charge in [0, 0.05) is 23.4 Å². The number of benzene rings is 1. The normalized spacial score (nSPS) is 12.2. The predicted octanol–water partition coefficient (Wildman–Crippen LogP) is 3.17. The molecule has 1 aromatic heterocycles. The average molecular weight is 369 g/mol. The number of aromatic nitrogens is 1. The van der Waals surface area contributed by atoms with Crippen molar-refractivity contribution >= 4 is 44.2 Å². The van der Waals surface area contributed by atoms with E-state index >= 15 is 0 Å². The average Bonchev–Trinajstić information content (AvgIpc) is 2.85. The van der Waals surface area contributed by atoms with Crippen molar-refractivity contribution in [3.63, 3.8) is 0 Å². The number of halogens is 1. The van der Waals surface area contributed by atoms with Crippen molar-refractivity contribution in [1.29, 1.82) is 0 Å². The van der Waals surface area contributed by atoms with E-state index in [-0.39, 0.29) is 5.91 Å². The summed E-state index contributed by atoms with van der Waals surface area (Å²) >= 11 is 7.70. The van der Waals surface area contributed by atoms with Crippen LogP contribution in [0.3, 0.4) is 0 Å². The van der Waals surface area contributed by atoms with Crippen LogP contribution in [-0.4, -0.2) is 38.1 Å². The minimum atomic E-state index is -0.435. The molecule has 2 aromatic rings. The van der Waals surface area contributed by atoms with Crippen LogP contribution >= 0.6 is 22.9 Å². The van der Waals surface area contributed by atoms with Gasteiger partial charge < -0.3 is 4.90 Å². The Balaban J connectivity index is 2.38. The standard InChI is InChI=1S/C18H26ClN3OS/c1-12-10-13(19)11-14-15(12)20-17(24-14)22(9-7-8-21(5)6)16(23)18(2,3)4/h10-11H,7-9H2,1-6H3/p+1. The van der Waals surface area contributed by atoms with Crippen molar-refractivity contribution in [3.05, 3.63) is 22.7 Å². The molecule has 132 valence electrons. The maximum atomic E-state index is 12.9. The van der Waals surface area contributed by atoms with Crippen molar-refractivity contribution in [1.82, 2.24) is 4.98 Å². The highest BCUT2D eigenvalue weighted by atomic mass is 35.5. The first-order chi connectivity index (χ1) is 11.1. The molecule has 0 atom stereocenters. The fourth-order valence-corrected chi connectivity index (χ4v) is 3.98. The molecule has 1 amide bonds. The molecule has 0 unspecified atom stereocenters. The molecule has 0 bridgehead atoms. The molecule has 0 fully saturated rings. The number of rotatable bonds is 5. The number of aryl methyl sites for hydroxylation is 1. The maximum Gasteiger partial charge on any atom is 0.234 e. The van der Waals surface area contributed by atoms with Gasteiger partial charge in [0.1, 0.15) is 0 Å². The van der Waals surface area contributed by atoms with Gasteiger partial charge in [-0.05, 0) is 24.6 Å². The second-order valence-corrected chi connectivity index (χ2v) is 9.03. The van der Waals surface area contributed by atoms with Crippen LogP contribution < -0.4 is 9.80 Å². The summed E-state index contributed by atoms with van der Waals surface area (Å²) in [6.45, 7) is 9.57. The summed E-state index contributed by atoms with van der Waals surface area (Å²) < 4.78 is 1.03. The van der Waals surface area contributed by atoms with Crippen molar-refractivity contribution in [2.45, 2.75) is 34.1 Å². The first-order valence-electron chi connectivity index (χ1n) is 8.27. The smallest absolute Gasteiger partial charge is 0.234 e. The lowest BCUT2D eigenvalue weighted by molar-refractivity contribution is -0.858. The number of nitrogens with zero attached hydrogens (tertiary/aromatic N) is 2. The largest absolute Gasteiger partial charge is 0.340 e. The number of hydrogen-bond acceptors (Lipinski definition) is 3. The van der Waals surface area contributed by atoms with E-state index in [1.54, 1.807) is 0 Å². The molecule has 1 heterocycles. The van der Waals surface area contributed by atoms with E-state index in [1.807, 2.05) is 44.7 Å². The Labute approximate surface area is 153 Å². The Morgan fingerprint density at radius 1 is 1.33 bits per heavy atom. The fourth-order valence-electron chi connectivity index (χ4n) is 2.54. The maximum absolute atomic E-state index is 12.9. The quantitative estimate of drug-likeness (QED) is 0.880. The molecule has 0 radical (unpaired) electrons. The molecular formula is C18H27ClN3OS+. The molecule has 1 aromatic carbocycles. The Hall–Kier alpha value is -1.17. The number of fused-ring (bicyclic) bond motifs is 1. The minimum Gasteiger partial charge on any atom is -0.340 e. The Kier molecular flexibility index (Phi) is 5.89. The molecule has 0 aliphatic rings. The highest BCUT2D eigenvalue weighted by molar-refractivity contribution is 7.22. The third-order valence-electron chi connectivity index (χ3n) is 3.82. The zero-order valence-corrected chi connectivity index (χ0v) is 16.9. The SMILES string of the molecule is Cc1cc(Cl)cc2sc(N(CCC[NH+](C)C)C(=O)C(C)(C)C)nc12. The summed E-state index contributed by atoms with van der Waals surface area (Å²) in [6.07, 6.45) is 0.944. The summed E-state index contributed by atoms with van der Waals surface area (Å²) in [5.41, 5.74) is 1.54. The molecule has 0 aliphatic heterocycles. The number of hydrogen-bond donors (Lipinski definition) is 1. The van der Waals surface area contributed by atoms with E-state index in [4.69, 9.17) is 16.6 Å². The fraction of sp³-hybridized carbons (Fsp3) is 0.556. The number of thiazole rings is 1. The van der Waals surface area contributed by atoms with Crippen LogP contribution in [0.25, 0.3) is 10.2 Å². The van der Waals surface area contributed by atoms with E-state index in [0.29, 0.717) is 11.6 Å². The topological polar surface area (TPSA) is 37.6 Å². The molecule has 0 aliphatic carbocycles. The van der Waals surface area contributed by atoms with Crippen LogP contribution in [0.15, 0.2) is 12.1 Å². The van der Waals surface area contributed by atoms with Gasteiger partial charge in [-0.2, -0.15) is 0 Å². The number of nitrogens with one attached hydrogen (secondary N) is 1. The molecule has 2 rings (SSSR count). The minimum absolute atomic E-state index is 0.110. The Morgan fingerprint density at radius 2 is 2.00 bits per heavy atom. The first kappa shape index (κ1) is 19.2. The van der Waals surface area contributed by atoms with Crippen LogP contribution in [0.1, 0.15) is 32.8 Å². The summed E-state index contributed by atoms with van der Waals surface area (Å²) in [5, 5.41) is 1.48. The predicted molar refractivity (Wildman–Crippen MR) is 103 cm³/mol. The second-order valence-electron chi connectivity index (χ2n) is 7.58. The lowest BCUT2D eigenvalue weighted by atomic mass is 9.95. The number of quaternary nitrogens is 1. The highest BCUT2D eigenvalue weighted by Gasteiger charge is 2.30. The van der Waals surface area contributed by atoms with Gasteiger partial charge in [0.05, 0.1) is 30.9 Å². The van der Waals surface area contributed by atoms with Gasteiger partial charge in [-0.3, -0.25) is 9.69 Å². The Morgan fingerprint density at radius 3 is 2.58 bits per heavy atom. The van der Waals surface area contributed by atoms with Crippen molar-refractivity contribution < 1.29 is 9.69 Å². The van der Waals surface area contributed by atoms with E-state index in [2.05, 4.69) is 14.1 Å². The number of anilines is 1. The van der Waals surface area contributed by atoms with Gasteiger partial charge in [-0.1, -0.05) is 43.7 Å². The lowest BCUT2D eigenvalue weighted by Crippen LogP contribution is -3.05. The van der Waals surface area contributed by atoms with Crippen molar-refractivity contribution in [3.8, 4) is 0 Å². The van der Waals surface area contributed by atoms with Crippen LogP contribution in [0.5, 0.6) is 0 Å². The molecule has 6 heteroatoms. The summed E-state index contributed by atoms with van der Waals surface area (Å²) in [7, 11) is 4.25. The van der Waals surface area contributed by atoms with E-state index in [9.17, 15) is 4.79 Å². The molecular weight excluding hydrogens is 342 g/mol. The third-order valence-corrected chi connectivity index (χ3v) is 5.06. The number of carbonyl (C=O) groups excluding carboxylic acids is 1. The molecule has 1 N–H and O–H groups in total. The van der Waals surface area contributed by atoms with E-state index in [0.717, 1.165) is 33.9 Å². The first-order valence-corrected chi connectivity index (χ1v) is 9.46. The lowest BCUT2D eigenvalue weighted by Gasteiger charge is -2.27. The zero-order chi connectivity index (χ0) is 18.1. The van der Waals surface area contributed by atoms with Crippen molar-refractivity contribution in [2.24, 2.45) is 5.41 Å². The monoisotopic (exact) mass is 368 g/mol.